The Morgan fingerprint density at radius 3 is 3.05 bits per heavy atom. The standard InChI is InChI=1S/C16H19BrN2S/c1-19(9-12-8-16(17)20-11-12)10-13-6-7-18-15-5-3-2-4-14(13)15/h2-5,8,11,13,18H,6-7,9-10H2,1H3. The lowest BCUT2D eigenvalue weighted by Gasteiger charge is -2.30. The molecule has 0 saturated heterocycles. The van der Waals surface area contributed by atoms with E-state index in [0.717, 1.165) is 19.6 Å². The van der Waals surface area contributed by atoms with Gasteiger partial charge in [-0.25, -0.2) is 0 Å². The molecule has 1 N–H and O–H groups in total. The molecule has 1 aliphatic heterocycles. The molecular weight excluding hydrogens is 332 g/mol. The summed E-state index contributed by atoms with van der Waals surface area (Å²) in [4.78, 5) is 2.43. The fraction of sp³-hybridized carbons (Fsp3) is 0.375. The molecule has 1 unspecified atom stereocenters. The Labute approximate surface area is 132 Å². The monoisotopic (exact) mass is 350 g/mol. The number of thiophene rings is 1. The molecule has 0 saturated carbocycles. The Morgan fingerprint density at radius 2 is 2.25 bits per heavy atom. The van der Waals surface area contributed by atoms with Crippen LogP contribution >= 0.6 is 27.3 Å². The van der Waals surface area contributed by atoms with Gasteiger partial charge in [-0.05, 0) is 58.0 Å². The quantitative estimate of drug-likeness (QED) is 0.870. The van der Waals surface area contributed by atoms with Crippen molar-refractivity contribution < 1.29 is 0 Å². The number of rotatable bonds is 4. The SMILES string of the molecule is CN(Cc1csc(Br)c1)CC1CCNc2ccccc21. The zero-order valence-electron chi connectivity index (χ0n) is 11.6. The van der Waals surface area contributed by atoms with Crippen LogP contribution in [0.5, 0.6) is 0 Å². The Morgan fingerprint density at radius 1 is 1.40 bits per heavy atom. The van der Waals surface area contributed by atoms with Gasteiger partial charge in [0.1, 0.15) is 0 Å². The Hall–Kier alpha value is -0.840. The van der Waals surface area contributed by atoms with Crippen molar-refractivity contribution in [1.82, 2.24) is 4.90 Å². The third kappa shape index (κ3) is 3.25. The van der Waals surface area contributed by atoms with E-state index in [0.29, 0.717) is 5.92 Å². The normalized spacial score (nSPS) is 17.9. The molecule has 3 rings (SSSR count). The lowest BCUT2D eigenvalue weighted by atomic mass is 9.90. The zero-order valence-corrected chi connectivity index (χ0v) is 14.0. The molecule has 1 aliphatic rings. The first-order chi connectivity index (χ1) is 9.72. The van der Waals surface area contributed by atoms with Gasteiger partial charge in [0, 0.05) is 31.2 Å². The maximum absolute atomic E-state index is 3.53. The van der Waals surface area contributed by atoms with Crippen molar-refractivity contribution in [3.63, 3.8) is 0 Å². The van der Waals surface area contributed by atoms with E-state index < -0.39 is 0 Å². The van der Waals surface area contributed by atoms with E-state index in [1.54, 1.807) is 11.3 Å². The van der Waals surface area contributed by atoms with Gasteiger partial charge in [0.25, 0.3) is 0 Å². The average molecular weight is 351 g/mol. The summed E-state index contributed by atoms with van der Waals surface area (Å²) in [5.74, 6) is 0.638. The van der Waals surface area contributed by atoms with E-state index >= 15 is 0 Å². The van der Waals surface area contributed by atoms with E-state index in [-0.39, 0.29) is 0 Å². The number of hydrogen-bond donors (Lipinski definition) is 1. The number of fused-ring (bicyclic) bond motifs is 1. The Kier molecular flexibility index (Phi) is 4.44. The van der Waals surface area contributed by atoms with Crippen molar-refractivity contribution in [2.75, 3.05) is 25.5 Å². The van der Waals surface area contributed by atoms with Crippen LogP contribution in [0.25, 0.3) is 0 Å². The highest BCUT2D eigenvalue weighted by atomic mass is 79.9. The van der Waals surface area contributed by atoms with Gasteiger partial charge in [-0.15, -0.1) is 11.3 Å². The van der Waals surface area contributed by atoms with Crippen LogP contribution in [0.1, 0.15) is 23.5 Å². The number of benzene rings is 1. The van der Waals surface area contributed by atoms with Crippen molar-refractivity contribution in [2.45, 2.75) is 18.9 Å². The molecular formula is C16H19BrN2S. The van der Waals surface area contributed by atoms with Gasteiger partial charge in [0.05, 0.1) is 3.79 Å². The minimum atomic E-state index is 0.638. The third-order valence-corrected chi connectivity index (χ3v) is 5.37. The summed E-state index contributed by atoms with van der Waals surface area (Å²) in [6.07, 6.45) is 1.22. The predicted molar refractivity (Wildman–Crippen MR) is 90.6 cm³/mol. The lowest BCUT2D eigenvalue weighted by molar-refractivity contribution is 0.298. The van der Waals surface area contributed by atoms with Crippen molar-refractivity contribution in [3.8, 4) is 0 Å². The van der Waals surface area contributed by atoms with Crippen LogP contribution in [0.3, 0.4) is 0 Å². The van der Waals surface area contributed by atoms with Gasteiger partial charge in [-0.2, -0.15) is 0 Å². The molecule has 106 valence electrons. The third-order valence-electron chi connectivity index (χ3n) is 3.82. The molecule has 0 fully saturated rings. The summed E-state index contributed by atoms with van der Waals surface area (Å²) in [5.41, 5.74) is 4.18. The summed E-state index contributed by atoms with van der Waals surface area (Å²) < 4.78 is 1.22. The number of para-hydroxylation sites is 1. The van der Waals surface area contributed by atoms with Crippen LogP contribution in [0.15, 0.2) is 39.5 Å². The highest BCUT2D eigenvalue weighted by molar-refractivity contribution is 9.11. The molecule has 2 heterocycles. The topological polar surface area (TPSA) is 15.3 Å². The smallest absolute Gasteiger partial charge is 0.0701 e. The first-order valence-electron chi connectivity index (χ1n) is 6.96. The second-order valence-corrected chi connectivity index (χ2v) is 7.75. The van der Waals surface area contributed by atoms with Crippen LogP contribution in [0.2, 0.25) is 0 Å². The first kappa shape index (κ1) is 14.1. The molecule has 0 amide bonds. The van der Waals surface area contributed by atoms with Gasteiger partial charge in [-0.1, -0.05) is 18.2 Å². The Balaban J connectivity index is 1.66. The lowest BCUT2D eigenvalue weighted by Crippen LogP contribution is -2.28. The second-order valence-electron chi connectivity index (χ2n) is 5.46. The molecule has 1 aromatic carbocycles. The molecule has 0 radical (unpaired) electrons. The maximum atomic E-state index is 3.53. The largest absolute Gasteiger partial charge is 0.385 e. The summed E-state index contributed by atoms with van der Waals surface area (Å²) in [7, 11) is 2.22. The van der Waals surface area contributed by atoms with E-state index in [9.17, 15) is 0 Å². The number of halogens is 1. The molecule has 1 atom stereocenters. The highest BCUT2D eigenvalue weighted by Gasteiger charge is 2.20. The second kappa shape index (κ2) is 6.29. The van der Waals surface area contributed by atoms with Gasteiger partial charge < -0.3 is 10.2 Å². The van der Waals surface area contributed by atoms with E-state index in [2.05, 4.69) is 68.9 Å². The fourth-order valence-electron chi connectivity index (χ4n) is 2.92. The van der Waals surface area contributed by atoms with E-state index in [4.69, 9.17) is 0 Å². The summed E-state index contributed by atoms with van der Waals surface area (Å²) in [5, 5.41) is 5.73. The summed E-state index contributed by atoms with van der Waals surface area (Å²) in [6.45, 7) is 3.22. The van der Waals surface area contributed by atoms with E-state index in [1.165, 1.54) is 27.0 Å². The first-order valence-corrected chi connectivity index (χ1v) is 8.64. The molecule has 2 aromatic rings. The van der Waals surface area contributed by atoms with Gasteiger partial charge in [0.15, 0.2) is 0 Å². The molecule has 2 nitrogen and oxygen atoms in total. The van der Waals surface area contributed by atoms with Crippen LogP contribution in [-0.2, 0) is 6.54 Å². The molecule has 4 heteroatoms. The number of anilines is 1. The minimum Gasteiger partial charge on any atom is -0.385 e. The predicted octanol–water partition coefficient (Wildman–Crippen LogP) is 4.54. The molecule has 1 aromatic heterocycles. The van der Waals surface area contributed by atoms with Crippen molar-refractivity contribution >= 4 is 33.0 Å². The van der Waals surface area contributed by atoms with Crippen LogP contribution in [-0.4, -0.2) is 25.0 Å². The van der Waals surface area contributed by atoms with Gasteiger partial charge in [-0.3, -0.25) is 0 Å². The number of nitrogens with zero attached hydrogens (tertiary/aromatic N) is 1. The van der Waals surface area contributed by atoms with Gasteiger partial charge >= 0.3 is 0 Å². The molecule has 0 aliphatic carbocycles. The van der Waals surface area contributed by atoms with Crippen LogP contribution < -0.4 is 5.32 Å². The van der Waals surface area contributed by atoms with Crippen molar-refractivity contribution in [3.05, 3.63) is 50.6 Å². The highest BCUT2D eigenvalue weighted by Crippen LogP contribution is 2.32. The van der Waals surface area contributed by atoms with Gasteiger partial charge in [0.2, 0.25) is 0 Å². The summed E-state index contributed by atoms with van der Waals surface area (Å²) >= 11 is 5.29. The number of likely N-dealkylation sites (N-methyl/N-ethyl adjacent to an activating group) is 1. The summed E-state index contributed by atoms with van der Waals surface area (Å²) in [6, 6.07) is 10.9. The number of hydrogen-bond acceptors (Lipinski definition) is 3. The molecule has 0 bridgehead atoms. The van der Waals surface area contributed by atoms with E-state index in [1.807, 2.05) is 0 Å². The number of nitrogens with one attached hydrogen (secondary N) is 1. The fourth-order valence-corrected chi connectivity index (χ4v) is 4.12. The minimum absolute atomic E-state index is 0.638. The molecule has 20 heavy (non-hydrogen) atoms. The average Bonchev–Trinajstić information content (AvgIpc) is 2.84. The van der Waals surface area contributed by atoms with Crippen LogP contribution in [0, 0.1) is 0 Å². The Bertz CT molecular complexity index is 581. The maximum Gasteiger partial charge on any atom is 0.0701 e. The van der Waals surface area contributed by atoms with Crippen molar-refractivity contribution in [1.29, 1.82) is 0 Å². The van der Waals surface area contributed by atoms with Crippen LogP contribution in [0.4, 0.5) is 5.69 Å². The zero-order chi connectivity index (χ0) is 13.9. The molecule has 0 spiro atoms. The van der Waals surface area contributed by atoms with Crippen molar-refractivity contribution in [2.24, 2.45) is 0 Å².